The van der Waals surface area contributed by atoms with Crippen molar-refractivity contribution in [1.82, 2.24) is 30.3 Å². The Morgan fingerprint density at radius 3 is 2.55 bits per heavy atom. The topological polar surface area (TPSA) is 141 Å². The minimum atomic E-state index is -0.559. The number of halogens is 1. The maximum atomic E-state index is 14.0. The summed E-state index contributed by atoms with van der Waals surface area (Å²) in [5.41, 5.74) is 1.08. The summed E-state index contributed by atoms with van der Waals surface area (Å²) in [6, 6.07) is 4.67. The van der Waals surface area contributed by atoms with Gasteiger partial charge in [-0.1, -0.05) is 0 Å². The molecule has 2 saturated heterocycles. The fourth-order valence-corrected chi connectivity index (χ4v) is 7.97. The molecular weight excluding hydrogens is 651 g/mol. The van der Waals surface area contributed by atoms with E-state index in [1.807, 2.05) is 6.92 Å². The van der Waals surface area contributed by atoms with Gasteiger partial charge in [-0.25, -0.2) is 9.37 Å². The molecule has 2 atom stereocenters. The van der Waals surface area contributed by atoms with Crippen LogP contribution < -0.4 is 10.6 Å². The second-order valence-electron chi connectivity index (χ2n) is 13.2. The summed E-state index contributed by atoms with van der Waals surface area (Å²) in [7, 11) is 1.60. The van der Waals surface area contributed by atoms with Crippen molar-refractivity contribution in [1.29, 1.82) is 0 Å². The highest BCUT2D eigenvalue weighted by Gasteiger charge is 2.34. The SMILES string of the molecule is COC[C@H]1CCCN1C(=O)CN1CC(=O)N2CCC(CC2)c2nc(c(C)s2)CC(=O)N[C@@H](CCCCNC(=O)c2ccc(F)cc2)CC1=O. The van der Waals surface area contributed by atoms with E-state index in [1.165, 1.54) is 29.2 Å². The predicted molar refractivity (Wildman–Crippen MR) is 181 cm³/mol. The number of ether oxygens (including phenoxy) is 1. The number of piperidine rings is 1. The van der Waals surface area contributed by atoms with E-state index in [-0.39, 0.29) is 67.4 Å². The number of carbonyl (C=O) groups is 5. The second-order valence-corrected chi connectivity index (χ2v) is 14.4. The zero-order chi connectivity index (χ0) is 34.9. The molecule has 1 aromatic carbocycles. The van der Waals surface area contributed by atoms with E-state index >= 15 is 0 Å². The Morgan fingerprint density at radius 1 is 1.06 bits per heavy atom. The number of methoxy groups -OCH3 is 1. The number of fused-ring (bicyclic) bond motifs is 10. The number of benzene rings is 1. The smallest absolute Gasteiger partial charge is 0.251 e. The number of rotatable bonds is 10. The predicted octanol–water partition coefficient (Wildman–Crippen LogP) is 2.79. The van der Waals surface area contributed by atoms with E-state index in [9.17, 15) is 28.4 Å². The van der Waals surface area contributed by atoms with Crippen LogP contribution in [0.3, 0.4) is 0 Å². The van der Waals surface area contributed by atoms with Crippen molar-refractivity contribution >= 4 is 40.9 Å². The quantitative estimate of drug-likeness (QED) is 0.364. The van der Waals surface area contributed by atoms with Crippen molar-refractivity contribution in [2.24, 2.45) is 0 Å². The van der Waals surface area contributed by atoms with Crippen LogP contribution in [0.4, 0.5) is 4.39 Å². The first kappa shape index (κ1) is 36.4. The number of thiazole rings is 1. The van der Waals surface area contributed by atoms with Crippen LogP contribution in [-0.4, -0.2) is 114 Å². The van der Waals surface area contributed by atoms with E-state index in [0.717, 1.165) is 41.3 Å². The van der Waals surface area contributed by atoms with E-state index in [1.54, 1.807) is 28.2 Å². The third-order valence-electron chi connectivity index (χ3n) is 9.65. The van der Waals surface area contributed by atoms with Crippen LogP contribution in [0.25, 0.3) is 0 Å². The molecule has 2 aromatic rings. The number of aryl methyl sites for hydroxylation is 1. The van der Waals surface area contributed by atoms with Gasteiger partial charge in [0, 0.05) is 62.1 Å². The fourth-order valence-electron chi connectivity index (χ4n) is 6.86. The zero-order valence-corrected chi connectivity index (χ0v) is 29.2. The summed E-state index contributed by atoms with van der Waals surface area (Å²) in [6.07, 6.45) is 4.77. The summed E-state index contributed by atoms with van der Waals surface area (Å²) in [6.45, 7) is 3.94. The number of amides is 5. The summed E-state index contributed by atoms with van der Waals surface area (Å²) >= 11 is 1.60. The Kier molecular flexibility index (Phi) is 12.7. The minimum absolute atomic E-state index is 0.0702. The summed E-state index contributed by atoms with van der Waals surface area (Å²) in [5, 5.41) is 6.84. The van der Waals surface area contributed by atoms with Gasteiger partial charge in [0.2, 0.25) is 23.6 Å². The van der Waals surface area contributed by atoms with Crippen molar-refractivity contribution in [2.75, 3.05) is 53.0 Å². The van der Waals surface area contributed by atoms with Crippen LogP contribution >= 0.6 is 11.3 Å². The fraction of sp³-hybridized carbons (Fsp3) is 0.600. The highest BCUT2D eigenvalue weighted by molar-refractivity contribution is 7.11. The van der Waals surface area contributed by atoms with E-state index in [0.29, 0.717) is 57.6 Å². The van der Waals surface area contributed by atoms with Crippen LogP contribution in [0.5, 0.6) is 0 Å². The molecule has 4 bridgehead atoms. The average Bonchev–Trinajstić information content (AvgIpc) is 3.70. The maximum Gasteiger partial charge on any atom is 0.251 e. The van der Waals surface area contributed by atoms with Crippen molar-refractivity contribution in [3.63, 3.8) is 0 Å². The Labute approximate surface area is 290 Å². The van der Waals surface area contributed by atoms with Crippen molar-refractivity contribution < 1.29 is 33.1 Å². The maximum absolute atomic E-state index is 14.0. The van der Waals surface area contributed by atoms with Crippen LogP contribution in [0, 0.1) is 12.7 Å². The van der Waals surface area contributed by atoms with Crippen LogP contribution in [0.15, 0.2) is 24.3 Å². The standard InChI is InChI=1S/C35H47FN6O6S/c1-23-29-19-30(43)38-27(6-3-4-14-37-34(47)24-8-10-26(36)11-9-24)18-31(44)41(21-33(46)42-15-5-7-28(42)22-48-2)20-32(45)40-16-12-25(13-17-40)35(39-29)49-23/h8-11,25,27-28H,3-7,12-22H2,1-2H3,(H,37,47)(H,38,43)/t27-,28+/m0/s1. The summed E-state index contributed by atoms with van der Waals surface area (Å²) in [4.78, 5) is 77.5. The first-order valence-corrected chi connectivity index (χ1v) is 18.1. The van der Waals surface area contributed by atoms with Crippen LogP contribution in [0.1, 0.15) is 83.2 Å². The Bertz CT molecular complexity index is 1490. The third kappa shape index (κ3) is 9.84. The van der Waals surface area contributed by atoms with Crippen molar-refractivity contribution in [3.8, 4) is 0 Å². The number of hydrogen-bond acceptors (Lipinski definition) is 8. The molecule has 5 amide bonds. The Hall–Kier alpha value is -3.91. The molecule has 2 fully saturated rings. The molecule has 0 saturated carbocycles. The average molecular weight is 699 g/mol. The molecule has 0 spiro atoms. The molecule has 0 aliphatic carbocycles. The van der Waals surface area contributed by atoms with E-state index in [2.05, 4.69) is 10.6 Å². The number of carbonyl (C=O) groups excluding carboxylic acids is 5. The van der Waals surface area contributed by atoms with Gasteiger partial charge in [0.25, 0.3) is 5.91 Å². The third-order valence-corrected chi connectivity index (χ3v) is 10.8. The van der Waals surface area contributed by atoms with Gasteiger partial charge in [0.15, 0.2) is 0 Å². The van der Waals surface area contributed by atoms with Gasteiger partial charge in [0.1, 0.15) is 18.9 Å². The first-order chi connectivity index (χ1) is 23.6. The Morgan fingerprint density at radius 2 is 1.82 bits per heavy atom. The minimum Gasteiger partial charge on any atom is -0.383 e. The van der Waals surface area contributed by atoms with Crippen LogP contribution in [-0.2, 0) is 30.3 Å². The van der Waals surface area contributed by atoms with E-state index in [4.69, 9.17) is 9.72 Å². The van der Waals surface area contributed by atoms with Crippen molar-refractivity contribution in [3.05, 3.63) is 51.2 Å². The van der Waals surface area contributed by atoms with Gasteiger partial charge >= 0.3 is 0 Å². The molecule has 0 radical (unpaired) electrons. The summed E-state index contributed by atoms with van der Waals surface area (Å²) in [5.74, 6) is -1.59. The summed E-state index contributed by atoms with van der Waals surface area (Å²) < 4.78 is 18.5. The number of unbranched alkanes of at least 4 members (excludes halogenated alkanes) is 1. The van der Waals surface area contributed by atoms with Gasteiger partial charge in [-0.2, -0.15) is 0 Å². The second kappa shape index (κ2) is 17.1. The number of nitrogens with one attached hydrogen (secondary N) is 2. The molecule has 2 N–H and O–H groups in total. The molecule has 6 rings (SSSR count). The molecule has 5 heterocycles. The molecule has 0 unspecified atom stereocenters. The first-order valence-electron chi connectivity index (χ1n) is 17.2. The van der Waals surface area contributed by atoms with Gasteiger partial charge in [-0.3, -0.25) is 24.0 Å². The highest BCUT2D eigenvalue weighted by Crippen LogP contribution is 2.33. The monoisotopic (exact) mass is 698 g/mol. The molecule has 49 heavy (non-hydrogen) atoms. The van der Waals surface area contributed by atoms with E-state index < -0.39 is 11.9 Å². The van der Waals surface area contributed by atoms with Gasteiger partial charge in [0.05, 0.1) is 29.8 Å². The van der Waals surface area contributed by atoms with Crippen molar-refractivity contribution in [2.45, 2.75) is 82.7 Å². The highest BCUT2D eigenvalue weighted by atomic mass is 32.1. The number of likely N-dealkylation sites (tertiary alicyclic amines) is 1. The lowest BCUT2D eigenvalue weighted by molar-refractivity contribution is -0.146. The zero-order valence-electron chi connectivity index (χ0n) is 28.4. The molecule has 4 aliphatic rings. The number of hydrogen-bond donors (Lipinski definition) is 2. The number of nitrogens with zero attached hydrogens (tertiary/aromatic N) is 4. The van der Waals surface area contributed by atoms with Gasteiger partial charge in [-0.05, 0) is 76.1 Å². The lowest BCUT2D eigenvalue weighted by atomic mass is 9.97. The Balaban J connectivity index is 1.29. The lowest BCUT2D eigenvalue weighted by Crippen LogP contribution is -2.51. The number of aromatic nitrogens is 1. The molecular formula is C35H47FN6O6S. The molecule has 1 aromatic heterocycles. The van der Waals surface area contributed by atoms with Gasteiger partial charge in [-0.15, -0.1) is 11.3 Å². The normalized spacial score (nSPS) is 22.1. The largest absolute Gasteiger partial charge is 0.383 e. The lowest BCUT2D eigenvalue weighted by Gasteiger charge is -2.34. The molecule has 12 nitrogen and oxygen atoms in total. The molecule has 266 valence electrons. The van der Waals surface area contributed by atoms with Crippen LogP contribution in [0.2, 0.25) is 0 Å². The van der Waals surface area contributed by atoms with Gasteiger partial charge < -0.3 is 30.1 Å². The molecule has 4 aliphatic heterocycles. The molecule has 14 heteroatoms.